The van der Waals surface area contributed by atoms with Gasteiger partial charge in [-0.25, -0.2) is 9.48 Å². The molecule has 0 unspecified atom stereocenters. The van der Waals surface area contributed by atoms with Crippen molar-refractivity contribution in [2.45, 2.75) is 64.3 Å². The van der Waals surface area contributed by atoms with Crippen LogP contribution in [-0.2, 0) is 11.3 Å². The van der Waals surface area contributed by atoms with Gasteiger partial charge >= 0.3 is 22.4 Å². The van der Waals surface area contributed by atoms with Crippen molar-refractivity contribution < 1.29 is 56.8 Å². The van der Waals surface area contributed by atoms with Gasteiger partial charge in [-0.15, -0.1) is 10.2 Å². The van der Waals surface area contributed by atoms with Crippen molar-refractivity contribution in [1.82, 2.24) is 19.4 Å². The second kappa shape index (κ2) is 11.1. The number of halogens is 8. The number of ether oxygens (including phenoxy) is 2. The Morgan fingerprint density at radius 2 is 1.57 bits per heavy atom. The number of benzene rings is 1. The smallest absolute Gasteiger partial charge is 0.490 e. The molecule has 0 fully saturated rings. The number of methoxy groups -OCH3 is 1. The summed E-state index contributed by atoms with van der Waals surface area (Å²) in [4.78, 5) is 19.4. The maximum atomic E-state index is 13.4. The first-order valence-electron chi connectivity index (χ1n) is 11.9. The second-order valence-corrected chi connectivity index (χ2v) is 11.3. The van der Waals surface area contributed by atoms with Crippen LogP contribution in [0.4, 0.5) is 32.6 Å². The fourth-order valence-electron chi connectivity index (χ4n) is 3.37. The van der Waals surface area contributed by atoms with Crippen LogP contribution in [0.5, 0.6) is 11.6 Å². The average molecular weight is 638 g/mol. The van der Waals surface area contributed by atoms with Gasteiger partial charge in [-0.2, -0.15) is 17.7 Å². The number of alkyl halides is 3. The topological polar surface area (TPSA) is 132 Å². The van der Waals surface area contributed by atoms with E-state index in [4.69, 9.17) is 24.8 Å². The Balaban J connectivity index is 0.000000782. The van der Waals surface area contributed by atoms with Gasteiger partial charge in [0.05, 0.1) is 13.2 Å². The number of carbonyl (C=O) groups excluding carboxylic acids is 1. The molecule has 1 aromatic carbocycles. The lowest BCUT2D eigenvalue weighted by Gasteiger charge is -2.40. The molecule has 2 heterocycles. The number of carboxylic acids is 1. The first-order valence-corrected chi connectivity index (χ1v) is 13.8. The number of hydrogen-bond acceptors (Lipinski definition) is 7. The molecule has 3 aromatic rings. The number of hydrogen-bond donors (Lipinski definition) is 2. The van der Waals surface area contributed by atoms with Gasteiger partial charge in [-0.3, -0.25) is 10.2 Å². The lowest BCUT2D eigenvalue weighted by molar-refractivity contribution is -0.192. The zero-order chi connectivity index (χ0) is 32.5. The molecule has 0 bridgehead atoms. The summed E-state index contributed by atoms with van der Waals surface area (Å²) in [5.74, 6) is -3.99. The van der Waals surface area contributed by atoms with Crippen LogP contribution in [0, 0.1) is 19.3 Å². The Hall–Kier alpha value is -3.90. The third-order valence-corrected chi connectivity index (χ3v) is 7.01. The molecule has 19 heteroatoms. The molecule has 0 saturated carbocycles. The van der Waals surface area contributed by atoms with Gasteiger partial charge in [-0.05, 0) is 38.8 Å². The highest BCUT2D eigenvalue weighted by Gasteiger charge is 2.65. The molecule has 0 radical (unpaired) electrons. The van der Waals surface area contributed by atoms with E-state index < -0.39 is 50.9 Å². The number of nitrogens with zero attached hydrogens (tertiary/aromatic N) is 4. The molecule has 3 rings (SSSR count). The minimum absolute atomic E-state index is 0.0849. The van der Waals surface area contributed by atoms with Crippen LogP contribution in [0.25, 0.3) is 5.65 Å². The van der Waals surface area contributed by atoms with Crippen LogP contribution in [0.2, 0.25) is 0 Å². The number of aromatic nitrogens is 4. The summed E-state index contributed by atoms with van der Waals surface area (Å²) in [5, 5.41) is 24.0. The van der Waals surface area contributed by atoms with Crippen molar-refractivity contribution in [2.75, 3.05) is 7.11 Å². The van der Waals surface area contributed by atoms with Crippen LogP contribution in [-0.4, -0.2) is 55.6 Å². The minimum atomic E-state index is -10.1. The van der Waals surface area contributed by atoms with Gasteiger partial charge in [0.2, 0.25) is 11.5 Å². The molecule has 0 saturated heterocycles. The SMILES string of the molecule is CCC(CC)Oc1nn2c(=N)n(CC(=O)c3cc(OC)cc(S(F)(F)(F)(F)F)c3)nc2c(C)c1C.O=C(O)C(F)(F)F. The van der Waals surface area contributed by atoms with Crippen molar-refractivity contribution in [1.29, 1.82) is 5.41 Å². The van der Waals surface area contributed by atoms with Gasteiger partial charge in [0, 0.05) is 22.8 Å². The predicted octanol–water partition coefficient (Wildman–Crippen LogP) is 6.38. The van der Waals surface area contributed by atoms with E-state index in [1.54, 1.807) is 13.8 Å². The number of ketones is 1. The first-order chi connectivity index (χ1) is 18.9. The number of carbonyl (C=O) groups is 2. The van der Waals surface area contributed by atoms with E-state index in [-0.39, 0.29) is 29.5 Å². The molecule has 10 nitrogen and oxygen atoms in total. The summed E-state index contributed by atoms with van der Waals surface area (Å²) in [6, 6.07) is 1.15. The van der Waals surface area contributed by atoms with Crippen LogP contribution in [0.15, 0.2) is 23.1 Å². The Morgan fingerprint density at radius 1 is 1.02 bits per heavy atom. The third kappa shape index (κ3) is 8.10. The van der Waals surface area contributed by atoms with Crippen molar-refractivity contribution in [3.63, 3.8) is 0 Å². The van der Waals surface area contributed by atoms with Crippen LogP contribution in [0.1, 0.15) is 48.2 Å². The summed E-state index contributed by atoms with van der Waals surface area (Å²) in [7, 11) is -9.07. The number of fused-ring (bicyclic) bond motifs is 1. The van der Waals surface area contributed by atoms with E-state index in [9.17, 15) is 37.4 Å². The Morgan fingerprint density at radius 3 is 2.02 bits per heavy atom. The lowest BCUT2D eigenvalue weighted by Crippen LogP contribution is -2.27. The second-order valence-electron chi connectivity index (χ2n) is 8.92. The molecule has 42 heavy (non-hydrogen) atoms. The van der Waals surface area contributed by atoms with E-state index in [0.717, 1.165) is 35.2 Å². The van der Waals surface area contributed by atoms with Gasteiger partial charge in [0.25, 0.3) is 0 Å². The molecule has 0 aliphatic heterocycles. The number of carboxylic acid groups (broad SMARTS) is 1. The number of aliphatic carboxylic acids is 1. The average Bonchev–Trinajstić information content (AvgIpc) is 3.18. The largest absolute Gasteiger partial charge is 0.497 e. The number of nitrogens with one attached hydrogen (secondary N) is 1. The van der Waals surface area contributed by atoms with E-state index in [0.29, 0.717) is 17.0 Å². The lowest BCUT2D eigenvalue weighted by atomic mass is 10.1. The first kappa shape index (κ1) is 34.3. The third-order valence-electron chi connectivity index (χ3n) is 5.88. The highest BCUT2D eigenvalue weighted by Crippen LogP contribution is 3.02. The fraction of sp³-hybridized carbons (Fsp3) is 0.435. The summed E-state index contributed by atoms with van der Waals surface area (Å²) in [6.07, 6.45) is -3.70. The van der Waals surface area contributed by atoms with Crippen molar-refractivity contribution in [3.05, 3.63) is 40.5 Å². The molecule has 2 N–H and O–H groups in total. The molecular weight excluding hydrogens is 610 g/mol. The molecule has 2 aromatic heterocycles. The number of rotatable bonds is 9. The van der Waals surface area contributed by atoms with Crippen LogP contribution < -0.4 is 15.1 Å². The molecule has 0 aliphatic carbocycles. The van der Waals surface area contributed by atoms with Crippen LogP contribution >= 0.6 is 10.2 Å². The molecule has 0 aliphatic rings. The normalized spacial score (nSPS) is 13.7. The number of Topliss-reactive ketones (excluding diaryl/α,β-unsaturated/α-hetero) is 1. The molecular formula is C23H27F8N5O5S. The summed E-state index contributed by atoms with van der Waals surface area (Å²) in [6.45, 7) is 6.74. The number of aryl methyl sites for hydroxylation is 1. The maximum absolute atomic E-state index is 13.4. The maximum Gasteiger partial charge on any atom is 0.490 e. The van der Waals surface area contributed by atoms with Crippen molar-refractivity contribution in [2.24, 2.45) is 0 Å². The van der Waals surface area contributed by atoms with Gasteiger partial charge in [0.1, 0.15) is 17.2 Å². The van der Waals surface area contributed by atoms with E-state index in [1.807, 2.05) is 13.8 Å². The minimum Gasteiger partial charge on any atom is -0.497 e. The summed E-state index contributed by atoms with van der Waals surface area (Å²) in [5.41, 5.74) is 0.554. The van der Waals surface area contributed by atoms with Crippen LogP contribution in [0.3, 0.4) is 0 Å². The Labute approximate surface area is 233 Å². The molecule has 0 spiro atoms. The summed E-state index contributed by atoms with van der Waals surface area (Å²) < 4.78 is 111. The molecule has 236 valence electrons. The van der Waals surface area contributed by atoms with Gasteiger partial charge in [-0.1, -0.05) is 33.3 Å². The highest BCUT2D eigenvalue weighted by atomic mass is 32.5. The Kier molecular flexibility index (Phi) is 9.04. The zero-order valence-corrected chi connectivity index (χ0v) is 23.5. The zero-order valence-electron chi connectivity index (χ0n) is 22.7. The standard InChI is InChI=1S/C21H26F5N5O3S.C2HF3O2/c1-6-15(7-2)34-20-13(4)12(3)19-28-30(21(27)31(19)29-20)11-18(32)14-8-16(33-5)10-17(9-14)35(22,23,24,25)26;3-2(4,5)1(6)7/h8-10,15,27H,6-7,11H2,1-5H3;(H,6,7). The van der Waals surface area contributed by atoms with E-state index in [1.165, 1.54) is 0 Å². The molecule has 0 amide bonds. The van der Waals surface area contributed by atoms with Crippen molar-refractivity contribution >= 4 is 27.6 Å². The van der Waals surface area contributed by atoms with Gasteiger partial charge < -0.3 is 14.6 Å². The van der Waals surface area contributed by atoms with Gasteiger partial charge in [0.15, 0.2) is 11.4 Å². The monoisotopic (exact) mass is 637 g/mol. The molecule has 0 atom stereocenters. The fourth-order valence-corrected chi connectivity index (χ4v) is 4.06. The summed E-state index contributed by atoms with van der Waals surface area (Å²) >= 11 is 0. The van der Waals surface area contributed by atoms with E-state index >= 15 is 0 Å². The van der Waals surface area contributed by atoms with E-state index in [2.05, 4.69) is 10.2 Å². The Bertz CT molecular complexity index is 1570. The van der Waals surface area contributed by atoms with Crippen molar-refractivity contribution in [3.8, 4) is 11.6 Å². The highest BCUT2D eigenvalue weighted by molar-refractivity contribution is 8.45. The quantitative estimate of drug-likeness (QED) is 0.206. The predicted molar refractivity (Wildman–Crippen MR) is 134 cm³/mol.